The van der Waals surface area contributed by atoms with Crippen molar-refractivity contribution in [2.75, 3.05) is 6.54 Å². The molecule has 0 saturated heterocycles. The van der Waals surface area contributed by atoms with Crippen LogP contribution in [0, 0.1) is 0 Å². The molecule has 1 N–H and O–H groups in total. The van der Waals surface area contributed by atoms with Crippen molar-refractivity contribution < 1.29 is 8.42 Å². The molecule has 0 atom stereocenters. The molecule has 0 saturated carbocycles. The Hall–Kier alpha value is -2.69. The number of hydrogen-bond acceptors (Lipinski definition) is 2. The quantitative estimate of drug-likeness (QED) is 0.337. The van der Waals surface area contributed by atoms with E-state index in [-0.39, 0.29) is 0 Å². The van der Waals surface area contributed by atoms with E-state index in [4.69, 9.17) is 0 Å². The SMILES string of the molecule is CCCNS(=O)(=O)c1ccc2cccc3c4cccc5cccc(c1c23)c54. The van der Waals surface area contributed by atoms with Crippen molar-refractivity contribution in [3.8, 4) is 0 Å². The molecular formula is C23H19NO2S. The molecule has 5 aromatic carbocycles. The lowest BCUT2D eigenvalue weighted by molar-refractivity contribution is 0.582. The summed E-state index contributed by atoms with van der Waals surface area (Å²) < 4.78 is 28.9. The zero-order valence-corrected chi connectivity index (χ0v) is 15.8. The van der Waals surface area contributed by atoms with E-state index in [0.717, 1.165) is 49.5 Å². The largest absolute Gasteiger partial charge is 0.241 e. The molecule has 0 bridgehead atoms. The second-order valence-electron chi connectivity index (χ2n) is 6.95. The minimum Gasteiger partial charge on any atom is -0.211 e. The van der Waals surface area contributed by atoms with Crippen LogP contribution in [0.4, 0.5) is 0 Å². The second kappa shape index (κ2) is 5.91. The van der Waals surface area contributed by atoms with Gasteiger partial charge in [-0.1, -0.05) is 67.6 Å². The molecule has 0 aliphatic carbocycles. The maximum absolute atomic E-state index is 13.1. The Balaban J connectivity index is 2.07. The van der Waals surface area contributed by atoms with Crippen LogP contribution in [0.1, 0.15) is 13.3 Å². The van der Waals surface area contributed by atoms with Gasteiger partial charge in [0.2, 0.25) is 10.0 Å². The Morgan fingerprint density at radius 3 is 1.96 bits per heavy atom. The normalized spacial score (nSPS) is 12.6. The number of sulfonamides is 1. The average Bonchev–Trinajstić information content (AvgIpc) is 2.70. The Bertz CT molecular complexity index is 1420. The lowest BCUT2D eigenvalue weighted by Gasteiger charge is -2.17. The third-order valence-electron chi connectivity index (χ3n) is 5.30. The molecule has 4 heteroatoms. The highest BCUT2D eigenvalue weighted by Gasteiger charge is 2.22. The first kappa shape index (κ1) is 16.5. The average molecular weight is 373 g/mol. The van der Waals surface area contributed by atoms with E-state index in [1.54, 1.807) is 6.07 Å². The fraction of sp³-hybridized carbons (Fsp3) is 0.130. The van der Waals surface area contributed by atoms with Gasteiger partial charge < -0.3 is 0 Å². The lowest BCUT2D eigenvalue weighted by Crippen LogP contribution is -2.24. The number of fused-ring (bicyclic) bond motifs is 2. The van der Waals surface area contributed by atoms with E-state index in [9.17, 15) is 8.42 Å². The lowest BCUT2D eigenvalue weighted by atomic mass is 9.90. The van der Waals surface area contributed by atoms with Crippen LogP contribution in [-0.2, 0) is 10.0 Å². The first-order valence-corrected chi connectivity index (χ1v) is 10.7. The summed E-state index contributed by atoms with van der Waals surface area (Å²) in [6.07, 6.45) is 0.756. The van der Waals surface area contributed by atoms with Crippen molar-refractivity contribution in [1.29, 1.82) is 0 Å². The summed E-state index contributed by atoms with van der Waals surface area (Å²) in [5.41, 5.74) is 0. The zero-order chi connectivity index (χ0) is 18.6. The van der Waals surface area contributed by atoms with Crippen molar-refractivity contribution in [3.63, 3.8) is 0 Å². The molecule has 0 radical (unpaired) electrons. The fourth-order valence-electron chi connectivity index (χ4n) is 4.16. The summed E-state index contributed by atoms with van der Waals surface area (Å²) in [4.78, 5) is 0.359. The molecule has 3 nitrogen and oxygen atoms in total. The zero-order valence-electron chi connectivity index (χ0n) is 15.0. The molecule has 0 spiro atoms. The van der Waals surface area contributed by atoms with E-state index in [1.807, 2.05) is 37.3 Å². The predicted octanol–water partition coefficient (Wildman–Crippen LogP) is 5.43. The second-order valence-corrected chi connectivity index (χ2v) is 8.68. The van der Waals surface area contributed by atoms with Crippen molar-refractivity contribution in [2.24, 2.45) is 0 Å². The van der Waals surface area contributed by atoms with Crippen molar-refractivity contribution in [2.45, 2.75) is 18.2 Å². The van der Waals surface area contributed by atoms with E-state index in [1.165, 1.54) is 0 Å². The first-order chi connectivity index (χ1) is 13.1. The standard InChI is InChI=1S/C23H19NO2S/c1-2-14-24-27(25,26)20-13-12-16-8-4-10-18-17-9-3-6-15-7-5-11-19(21(15)17)23(20)22(16)18/h3-13,24H,2,14H2,1H3. The summed E-state index contributed by atoms with van der Waals surface area (Å²) in [6, 6.07) is 22.2. The van der Waals surface area contributed by atoms with Crippen LogP contribution in [0.15, 0.2) is 71.6 Å². The molecule has 0 aromatic heterocycles. The van der Waals surface area contributed by atoms with Crippen LogP contribution in [0.3, 0.4) is 0 Å². The minimum absolute atomic E-state index is 0.359. The predicted molar refractivity (Wildman–Crippen MR) is 113 cm³/mol. The van der Waals surface area contributed by atoms with Crippen LogP contribution in [-0.4, -0.2) is 15.0 Å². The fourth-order valence-corrected chi connectivity index (χ4v) is 5.52. The number of rotatable bonds is 4. The van der Waals surface area contributed by atoms with Crippen molar-refractivity contribution in [3.05, 3.63) is 66.7 Å². The third kappa shape index (κ3) is 2.34. The highest BCUT2D eigenvalue weighted by molar-refractivity contribution is 7.89. The first-order valence-electron chi connectivity index (χ1n) is 9.19. The highest BCUT2D eigenvalue weighted by atomic mass is 32.2. The van der Waals surface area contributed by atoms with Crippen LogP contribution >= 0.6 is 0 Å². The Kier molecular flexibility index (Phi) is 3.61. The van der Waals surface area contributed by atoms with Gasteiger partial charge in [0, 0.05) is 11.9 Å². The molecular weight excluding hydrogens is 354 g/mol. The smallest absolute Gasteiger partial charge is 0.211 e. The van der Waals surface area contributed by atoms with Gasteiger partial charge in [0.15, 0.2) is 0 Å². The third-order valence-corrected chi connectivity index (χ3v) is 6.81. The van der Waals surface area contributed by atoms with Gasteiger partial charge in [-0.05, 0) is 50.2 Å². The van der Waals surface area contributed by atoms with Crippen LogP contribution in [0.25, 0.3) is 43.1 Å². The van der Waals surface area contributed by atoms with E-state index >= 15 is 0 Å². The van der Waals surface area contributed by atoms with Gasteiger partial charge in [-0.15, -0.1) is 0 Å². The summed E-state index contributed by atoms with van der Waals surface area (Å²) in [5.74, 6) is 0. The number of hydrogen-bond donors (Lipinski definition) is 1. The van der Waals surface area contributed by atoms with E-state index < -0.39 is 10.0 Å². The minimum atomic E-state index is -3.59. The molecule has 0 fully saturated rings. The molecule has 0 aliphatic heterocycles. The van der Waals surface area contributed by atoms with Gasteiger partial charge in [-0.3, -0.25) is 0 Å². The molecule has 5 rings (SSSR count). The van der Waals surface area contributed by atoms with Crippen molar-refractivity contribution >= 4 is 53.1 Å². The van der Waals surface area contributed by atoms with Crippen LogP contribution in [0.5, 0.6) is 0 Å². The molecule has 0 heterocycles. The monoisotopic (exact) mass is 373 g/mol. The molecule has 0 amide bonds. The molecule has 27 heavy (non-hydrogen) atoms. The summed E-state index contributed by atoms with van der Waals surface area (Å²) >= 11 is 0. The van der Waals surface area contributed by atoms with Gasteiger partial charge in [-0.25, -0.2) is 13.1 Å². The van der Waals surface area contributed by atoms with Crippen molar-refractivity contribution in [1.82, 2.24) is 4.72 Å². The van der Waals surface area contributed by atoms with Gasteiger partial charge in [0.05, 0.1) is 4.90 Å². The van der Waals surface area contributed by atoms with Crippen LogP contribution in [0.2, 0.25) is 0 Å². The maximum atomic E-state index is 13.1. The van der Waals surface area contributed by atoms with Gasteiger partial charge in [-0.2, -0.15) is 0 Å². The highest BCUT2D eigenvalue weighted by Crippen LogP contribution is 2.42. The van der Waals surface area contributed by atoms with E-state index in [2.05, 4.69) is 35.1 Å². The number of benzene rings is 5. The summed E-state index contributed by atoms with van der Waals surface area (Å²) in [6.45, 7) is 2.39. The molecule has 134 valence electrons. The molecule has 0 unspecified atom stereocenters. The maximum Gasteiger partial charge on any atom is 0.241 e. The molecule has 5 aromatic rings. The summed E-state index contributed by atoms with van der Waals surface area (Å²) in [7, 11) is -3.59. The van der Waals surface area contributed by atoms with Gasteiger partial charge in [0.25, 0.3) is 0 Å². The Morgan fingerprint density at radius 2 is 1.30 bits per heavy atom. The summed E-state index contributed by atoms with van der Waals surface area (Å²) in [5, 5.41) is 8.39. The Labute approximate surface area is 158 Å². The Morgan fingerprint density at radius 1 is 0.704 bits per heavy atom. The number of nitrogens with one attached hydrogen (secondary N) is 1. The van der Waals surface area contributed by atoms with E-state index in [0.29, 0.717) is 11.4 Å². The van der Waals surface area contributed by atoms with Gasteiger partial charge in [0.1, 0.15) is 0 Å². The topological polar surface area (TPSA) is 46.2 Å². The van der Waals surface area contributed by atoms with Crippen LogP contribution < -0.4 is 4.72 Å². The van der Waals surface area contributed by atoms with Gasteiger partial charge >= 0.3 is 0 Å². The molecule has 0 aliphatic rings.